The van der Waals surface area contributed by atoms with Crippen molar-refractivity contribution in [3.8, 4) is 11.5 Å². The van der Waals surface area contributed by atoms with Gasteiger partial charge in [-0.25, -0.2) is 19.5 Å². The second-order valence-corrected chi connectivity index (χ2v) is 8.26. The van der Waals surface area contributed by atoms with Crippen molar-refractivity contribution in [2.24, 2.45) is 5.92 Å². The Balaban J connectivity index is 1.64. The lowest BCUT2D eigenvalue weighted by Crippen LogP contribution is -2.68. The largest absolute Gasteiger partial charge is 0.496 e. The number of benzene rings is 2. The van der Waals surface area contributed by atoms with E-state index in [2.05, 4.69) is 10.3 Å². The van der Waals surface area contributed by atoms with E-state index in [0.29, 0.717) is 28.2 Å². The van der Waals surface area contributed by atoms with Crippen molar-refractivity contribution in [2.45, 2.75) is 18.5 Å². The minimum absolute atomic E-state index is 0.120. The number of rotatable bonds is 8. The maximum absolute atomic E-state index is 13.4. The van der Waals surface area contributed by atoms with Gasteiger partial charge in [0.2, 0.25) is 5.91 Å². The number of nitrogens with two attached hydrogens (primary N) is 1. The van der Waals surface area contributed by atoms with E-state index in [1.807, 2.05) is 0 Å². The van der Waals surface area contributed by atoms with E-state index in [1.54, 1.807) is 60.7 Å². The van der Waals surface area contributed by atoms with E-state index in [1.165, 1.54) is 20.4 Å². The number of aromatic nitrogens is 1. The second-order valence-electron chi connectivity index (χ2n) is 8.26. The Morgan fingerprint density at radius 1 is 1.06 bits per heavy atom. The first-order valence-corrected chi connectivity index (χ1v) is 11.2. The third-order valence-corrected chi connectivity index (χ3v) is 6.15. The van der Waals surface area contributed by atoms with Crippen molar-refractivity contribution >= 4 is 23.7 Å². The lowest BCUT2D eigenvalue weighted by molar-refractivity contribution is -0.165. The highest BCUT2D eigenvalue weighted by Crippen LogP contribution is 2.36. The molecule has 10 nitrogen and oxygen atoms in total. The molecule has 0 radical (unpaired) electrons. The number of carboxylic acid groups (broad SMARTS) is 1. The van der Waals surface area contributed by atoms with Crippen molar-refractivity contribution in [3.63, 3.8) is 0 Å². The van der Waals surface area contributed by atoms with E-state index in [-0.39, 0.29) is 12.2 Å². The third-order valence-electron chi connectivity index (χ3n) is 6.15. The number of urea groups is 1. The van der Waals surface area contributed by atoms with E-state index in [0.717, 1.165) is 4.90 Å². The fourth-order valence-corrected chi connectivity index (χ4v) is 4.46. The van der Waals surface area contributed by atoms with Gasteiger partial charge in [-0.2, -0.15) is 0 Å². The van der Waals surface area contributed by atoms with Crippen molar-refractivity contribution in [1.82, 2.24) is 15.2 Å². The van der Waals surface area contributed by atoms with Crippen LogP contribution in [0.2, 0.25) is 0 Å². The number of amides is 3. The first kappa shape index (κ1) is 24.5. The Labute approximate surface area is 207 Å². The lowest BCUT2D eigenvalue weighted by atomic mass is 9.82. The molecule has 1 saturated heterocycles. The molecule has 0 bridgehead atoms. The molecule has 1 aliphatic rings. The molecule has 4 N–H and O–H groups in total. The van der Waals surface area contributed by atoms with E-state index >= 15 is 0 Å². The molecular formula is C26H26N4O6. The lowest BCUT2D eigenvalue weighted by Gasteiger charge is -2.43. The SMILES string of the molecule is COc1ccccc1C(NC(=O)N1C(=O)C(Cc2ccnc(N)c2)[C@H]1C(=O)O)c1ccccc1OC. The summed E-state index contributed by atoms with van der Waals surface area (Å²) in [6.07, 6.45) is 1.61. The van der Waals surface area contributed by atoms with Crippen LogP contribution in [0.25, 0.3) is 0 Å². The van der Waals surface area contributed by atoms with Gasteiger partial charge in [0.25, 0.3) is 0 Å². The zero-order valence-electron chi connectivity index (χ0n) is 19.8. The molecule has 2 aromatic carbocycles. The zero-order chi connectivity index (χ0) is 25.8. The number of pyridine rings is 1. The van der Waals surface area contributed by atoms with Gasteiger partial charge in [0.05, 0.1) is 26.2 Å². The summed E-state index contributed by atoms with van der Waals surface area (Å²) in [5.74, 6) is -1.50. The van der Waals surface area contributed by atoms with Gasteiger partial charge in [0.15, 0.2) is 6.04 Å². The quantitative estimate of drug-likeness (QED) is 0.409. The smallest absolute Gasteiger partial charge is 0.327 e. The number of anilines is 1. The number of nitrogens with zero attached hydrogens (tertiary/aromatic N) is 2. The van der Waals surface area contributed by atoms with Gasteiger partial charge < -0.3 is 25.6 Å². The number of para-hydroxylation sites is 2. The van der Waals surface area contributed by atoms with E-state index in [9.17, 15) is 19.5 Å². The average Bonchev–Trinajstić information content (AvgIpc) is 2.88. The van der Waals surface area contributed by atoms with Crippen LogP contribution >= 0.6 is 0 Å². The predicted octanol–water partition coefficient (Wildman–Crippen LogP) is 2.63. The summed E-state index contributed by atoms with van der Waals surface area (Å²) < 4.78 is 11.0. The number of β-lactam (4-membered cyclic amide) rings is 1. The normalized spacial score (nSPS) is 16.9. The fourth-order valence-electron chi connectivity index (χ4n) is 4.46. The van der Waals surface area contributed by atoms with Crippen LogP contribution < -0.4 is 20.5 Å². The van der Waals surface area contributed by atoms with Crippen LogP contribution in [0.5, 0.6) is 11.5 Å². The summed E-state index contributed by atoms with van der Waals surface area (Å²) in [6.45, 7) is 0. The highest BCUT2D eigenvalue weighted by Gasteiger charge is 2.55. The summed E-state index contributed by atoms with van der Waals surface area (Å²) in [5, 5.41) is 12.7. The standard InChI is InChI=1S/C26H26N4O6/c1-35-19-9-5-3-7-16(19)22(17-8-4-6-10-20(17)36-2)29-26(34)30-23(25(32)33)18(24(30)31)13-15-11-12-28-21(27)14-15/h3-12,14,18,22-23H,13H2,1-2H3,(H2,27,28)(H,29,34)(H,32,33)/t18?,23-/m0/s1. The summed E-state index contributed by atoms with van der Waals surface area (Å²) >= 11 is 0. The highest BCUT2D eigenvalue weighted by molar-refractivity contribution is 6.07. The second kappa shape index (κ2) is 10.3. The van der Waals surface area contributed by atoms with Crippen LogP contribution in [0, 0.1) is 5.92 Å². The van der Waals surface area contributed by atoms with Crippen molar-refractivity contribution in [3.05, 3.63) is 83.6 Å². The van der Waals surface area contributed by atoms with Gasteiger partial charge in [-0.05, 0) is 36.2 Å². The Morgan fingerprint density at radius 2 is 1.64 bits per heavy atom. The Bertz CT molecular complexity index is 1250. The molecule has 3 amide bonds. The molecule has 1 aromatic heterocycles. The zero-order valence-corrected chi connectivity index (χ0v) is 19.8. The van der Waals surface area contributed by atoms with Gasteiger partial charge in [0, 0.05) is 17.3 Å². The third kappa shape index (κ3) is 4.65. The number of carbonyl (C=O) groups excluding carboxylic acids is 2. The maximum Gasteiger partial charge on any atom is 0.327 e. The van der Waals surface area contributed by atoms with Crippen molar-refractivity contribution < 1.29 is 29.0 Å². The number of nitrogen functional groups attached to an aromatic ring is 1. The molecule has 0 aliphatic carbocycles. The van der Waals surface area contributed by atoms with Gasteiger partial charge >= 0.3 is 12.0 Å². The predicted molar refractivity (Wildman–Crippen MR) is 130 cm³/mol. The monoisotopic (exact) mass is 490 g/mol. The minimum atomic E-state index is -1.33. The molecule has 4 rings (SSSR count). The molecule has 1 fully saturated rings. The number of hydrogen-bond donors (Lipinski definition) is 3. The van der Waals surface area contributed by atoms with E-state index in [4.69, 9.17) is 15.2 Å². The molecule has 2 atom stereocenters. The Morgan fingerprint density at radius 3 is 2.17 bits per heavy atom. The molecule has 36 heavy (non-hydrogen) atoms. The molecule has 0 spiro atoms. The fraction of sp³-hybridized carbons (Fsp3) is 0.231. The average molecular weight is 491 g/mol. The molecule has 3 aromatic rings. The van der Waals surface area contributed by atoms with Crippen molar-refractivity contribution in [2.75, 3.05) is 20.0 Å². The number of carboxylic acids is 1. The number of methoxy groups -OCH3 is 2. The number of carbonyl (C=O) groups is 3. The van der Waals surface area contributed by atoms with Crippen LogP contribution in [0.1, 0.15) is 22.7 Å². The van der Waals surface area contributed by atoms with Crippen LogP contribution in [-0.2, 0) is 16.0 Å². The van der Waals surface area contributed by atoms with E-state index < -0.39 is 35.9 Å². The Kier molecular flexibility index (Phi) is 7.05. The molecule has 0 saturated carbocycles. The number of aliphatic carboxylic acids is 1. The molecule has 186 valence electrons. The number of nitrogens with one attached hydrogen (secondary N) is 1. The van der Waals surface area contributed by atoms with Crippen LogP contribution in [0.4, 0.5) is 10.6 Å². The molecular weight excluding hydrogens is 464 g/mol. The number of ether oxygens (including phenoxy) is 2. The van der Waals surface area contributed by atoms with Gasteiger partial charge in [0.1, 0.15) is 17.3 Å². The van der Waals surface area contributed by atoms with Crippen LogP contribution in [-0.4, -0.2) is 53.2 Å². The molecule has 10 heteroatoms. The van der Waals surface area contributed by atoms with Gasteiger partial charge in [-0.3, -0.25) is 4.79 Å². The molecule has 1 unspecified atom stereocenters. The molecule has 1 aliphatic heterocycles. The summed E-state index contributed by atoms with van der Waals surface area (Å²) in [7, 11) is 3.02. The number of hydrogen-bond acceptors (Lipinski definition) is 7. The number of imide groups is 1. The summed E-state index contributed by atoms with van der Waals surface area (Å²) in [4.78, 5) is 43.1. The Hall–Kier alpha value is -4.60. The first-order chi connectivity index (χ1) is 17.3. The number of likely N-dealkylation sites (tertiary alicyclic amines) is 1. The molecule has 2 heterocycles. The highest BCUT2D eigenvalue weighted by atomic mass is 16.5. The summed E-state index contributed by atoms with van der Waals surface area (Å²) in [6, 6.07) is 14.5. The van der Waals surface area contributed by atoms with Crippen LogP contribution in [0.3, 0.4) is 0 Å². The van der Waals surface area contributed by atoms with Gasteiger partial charge in [-0.1, -0.05) is 36.4 Å². The first-order valence-electron chi connectivity index (χ1n) is 11.2. The van der Waals surface area contributed by atoms with Crippen molar-refractivity contribution in [1.29, 1.82) is 0 Å². The minimum Gasteiger partial charge on any atom is -0.496 e. The maximum atomic E-state index is 13.4. The van der Waals surface area contributed by atoms with Crippen LogP contribution in [0.15, 0.2) is 66.9 Å². The van der Waals surface area contributed by atoms with Gasteiger partial charge in [-0.15, -0.1) is 0 Å². The summed E-state index contributed by atoms with van der Waals surface area (Å²) in [5.41, 5.74) is 7.59. The topological polar surface area (TPSA) is 144 Å².